The van der Waals surface area contributed by atoms with Crippen molar-refractivity contribution < 1.29 is 23.2 Å². The Labute approximate surface area is 161 Å². The van der Waals surface area contributed by atoms with Gasteiger partial charge in [0.15, 0.2) is 30.0 Å². The fourth-order valence-electron chi connectivity index (χ4n) is 2.57. The van der Waals surface area contributed by atoms with Crippen LogP contribution < -0.4 is 4.74 Å². The molecule has 2 aromatic rings. The highest BCUT2D eigenvalue weighted by Crippen LogP contribution is 2.25. The number of benzene rings is 1. The third kappa shape index (κ3) is 4.28. The Kier molecular flexibility index (Phi) is 5.88. The summed E-state index contributed by atoms with van der Waals surface area (Å²) in [5.74, 6) is -0.812. The highest BCUT2D eigenvalue weighted by molar-refractivity contribution is 6.33. The third-order valence-electron chi connectivity index (χ3n) is 4.17. The molecule has 1 aromatic carbocycles. The van der Waals surface area contributed by atoms with E-state index in [4.69, 9.17) is 4.74 Å². The topological polar surface area (TPSA) is 76.7 Å². The molecule has 8 heteroatoms. The summed E-state index contributed by atoms with van der Waals surface area (Å²) in [6.45, 7) is 3.81. The molecule has 0 aliphatic carbocycles. The number of rotatable bonds is 6. The standard InChI is InChI=1S/C20H20FN4O3/c1-4-25-11-16(12-25)24-20-22-9-13(10-23-20)5-6-14-7-15(19(26)28-3)8-17(27-2)18(14)21/h5-11H,4,12H2,1-3H3/q+1/b6-5+,24-16?. The number of carbonyl (C=O) groups excluding carboxylic acids is 1. The number of nitrogens with zero attached hydrogens (tertiary/aromatic N) is 4. The summed E-state index contributed by atoms with van der Waals surface area (Å²) in [5, 5.41) is 0. The van der Waals surface area contributed by atoms with Crippen LogP contribution in [0.2, 0.25) is 0 Å². The molecule has 0 spiro atoms. The zero-order valence-corrected chi connectivity index (χ0v) is 15.8. The quantitative estimate of drug-likeness (QED) is 0.566. The van der Waals surface area contributed by atoms with Gasteiger partial charge < -0.3 is 9.47 Å². The van der Waals surface area contributed by atoms with Gasteiger partial charge in [0, 0.05) is 23.5 Å². The van der Waals surface area contributed by atoms with Crippen molar-refractivity contribution in [3.63, 3.8) is 0 Å². The second kappa shape index (κ2) is 8.51. The number of hydrogen-bond donors (Lipinski definition) is 0. The highest BCUT2D eigenvalue weighted by atomic mass is 19.1. The van der Waals surface area contributed by atoms with Crippen LogP contribution in [0.5, 0.6) is 5.75 Å². The minimum Gasteiger partial charge on any atom is -0.494 e. The van der Waals surface area contributed by atoms with E-state index in [0.717, 1.165) is 18.8 Å². The first-order valence-electron chi connectivity index (χ1n) is 8.66. The summed E-state index contributed by atoms with van der Waals surface area (Å²) in [6, 6.07) is 2.69. The fraction of sp³-hybridized carbons (Fsp3) is 0.250. The molecular weight excluding hydrogens is 363 g/mol. The summed E-state index contributed by atoms with van der Waals surface area (Å²) < 4.78 is 26.3. The minimum absolute atomic E-state index is 0.0390. The summed E-state index contributed by atoms with van der Waals surface area (Å²) in [6.07, 6.45) is 8.32. The molecular formula is C20H20FN4O3+. The average Bonchev–Trinajstić information content (AvgIpc) is 2.69. The zero-order valence-electron chi connectivity index (χ0n) is 15.8. The van der Waals surface area contributed by atoms with Gasteiger partial charge in [-0.2, -0.15) is 0 Å². The van der Waals surface area contributed by atoms with Gasteiger partial charge in [-0.3, -0.25) is 0 Å². The van der Waals surface area contributed by atoms with Gasteiger partial charge in [-0.25, -0.2) is 28.7 Å². The first-order valence-corrected chi connectivity index (χ1v) is 8.66. The molecule has 0 fully saturated rings. The van der Waals surface area contributed by atoms with E-state index in [1.807, 2.05) is 6.21 Å². The second-order valence-electron chi connectivity index (χ2n) is 6.02. The fourth-order valence-corrected chi connectivity index (χ4v) is 2.57. The van der Waals surface area contributed by atoms with Crippen molar-refractivity contribution in [3.8, 4) is 5.75 Å². The first kappa shape index (κ1) is 19.3. The molecule has 0 unspecified atom stereocenters. The van der Waals surface area contributed by atoms with E-state index >= 15 is 0 Å². The molecule has 0 bridgehead atoms. The van der Waals surface area contributed by atoms with Crippen molar-refractivity contribution in [2.45, 2.75) is 6.92 Å². The molecule has 1 aliphatic rings. The molecule has 0 amide bonds. The van der Waals surface area contributed by atoms with Crippen molar-refractivity contribution in [2.75, 3.05) is 27.3 Å². The lowest BCUT2D eigenvalue weighted by atomic mass is 10.1. The van der Waals surface area contributed by atoms with Crippen LogP contribution in [0.25, 0.3) is 12.2 Å². The van der Waals surface area contributed by atoms with Crippen molar-refractivity contribution in [1.29, 1.82) is 0 Å². The van der Waals surface area contributed by atoms with Gasteiger partial charge in [0.25, 0.3) is 0 Å². The molecule has 1 aromatic heterocycles. The van der Waals surface area contributed by atoms with Gasteiger partial charge in [-0.05, 0) is 19.1 Å². The van der Waals surface area contributed by atoms with E-state index in [1.165, 1.54) is 32.4 Å². The Bertz CT molecular complexity index is 982. The molecule has 0 atom stereocenters. The molecule has 144 valence electrons. The maximum atomic E-state index is 14.5. The van der Waals surface area contributed by atoms with Crippen LogP contribution in [0, 0.1) is 5.82 Å². The molecule has 1 aliphatic heterocycles. The van der Waals surface area contributed by atoms with Gasteiger partial charge in [-0.15, -0.1) is 0 Å². The minimum atomic E-state index is -0.575. The second-order valence-corrected chi connectivity index (χ2v) is 6.02. The summed E-state index contributed by atoms with van der Waals surface area (Å²) in [7, 11) is 2.59. The Morgan fingerprint density at radius 1 is 1.29 bits per heavy atom. The van der Waals surface area contributed by atoms with Crippen LogP contribution >= 0.6 is 0 Å². The predicted molar refractivity (Wildman–Crippen MR) is 104 cm³/mol. The molecule has 3 rings (SSSR count). The Morgan fingerprint density at radius 3 is 2.61 bits per heavy atom. The first-order chi connectivity index (χ1) is 13.5. The number of ether oxygens (including phenoxy) is 2. The number of methoxy groups -OCH3 is 2. The number of hydrogen-bond acceptors (Lipinski definition) is 6. The maximum absolute atomic E-state index is 14.5. The third-order valence-corrected chi connectivity index (χ3v) is 4.17. The van der Waals surface area contributed by atoms with Crippen molar-refractivity contribution >= 4 is 36.0 Å². The van der Waals surface area contributed by atoms with E-state index in [1.54, 1.807) is 18.5 Å². The van der Waals surface area contributed by atoms with E-state index in [-0.39, 0.29) is 16.9 Å². The van der Waals surface area contributed by atoms with Crippen LogP contribution in [-0.4, -0.2) is 59.7 Å². The number of aliphatic imine (C=N–C) groups is 1. The summed E-state index contributed by atoms with van der Waals surface area (Å²) >= 11 is 0. The van der Waals surface area contributed by atoms with E-state index in [0.29, 0.717) is 11.5 Å². The van der Waals surface area contributed by atoms with E-state index in [9.17, 15) is 9.18 Å². The van der Waals surface area contributed by atoms with Crippen LogP contribution in [0.1, 0.15) is 28.4 Å². The predicted octanol–water partition coefficient (Wildman–Crippen LogP) is 2.77. The number of esters is 1. The summed E-state index contributed by atoms with van der Waals surface area (Å²) in [4.78, 5) is 24.5. The SMILES string of the molecule is CC[N+]1=CC(=Nc2ncc(/C=C/c3cc(C(=O)OC)cc(OC)c3F)cn2)C1. The van der Waals surface area contributed by atoms with E-state index < -0.39 is 11.8 Å². The van der Waals surface area contributed by atoms with Gasteiger partial charge in [0.2, 0.25) is 5.95 Å². The Balaban J connectivity index is 1.80. The number of aromatic nitrogens is 2. The average molecular weight is 383 g/mol. The lowest BCUT2D eigenvalue weighted by Crippen LogP contribution is -2.35. The largest absolute Gasteiger partial charge is 0.494 e. The molecule has 28 heavy (non-hydrogen) atoms. The van der Waals surface area contributed by atoms with Crippen molar-refractivity contribution in [3.05, 3.63) is 47.0 Å². The smallest absolute Gasteiger partial charge is 0.338 e. The molecule has 0 saturated carbocycles. The monoisotopic (exact) mass is 383 g/mol. The van der Waals surface area contributed by atoms with Crippen LogP contribution in [-0.2, 0) is 4.74 Å². The van der Waals surface area contributed by atoms with Gasteiger partial charge in [-0.1, -0.05) is 12.2 Å². The maximum Gasteiger partial charge on any atom is 0.338 e. The van der Waals surface area contributed by atoms with Gasteiger partial charge >= 0.3 is 5.97 Å². The van der Waals surface area contributed by atoms with Crippen LogP contribution in [0.4, 0.5) is 10.3 Å². The molecule has 0 N–H and O–H groups in total. The van der Waals surface area contributed by atoms with Gasteiger partial charge in [0.05, 0.1) is 19.8 Å². The summed E-state index contributed by atoms with van der Waals surface area (Å²) in [5.41, 5.74) is 1.98. The molecule has 7 nitrogen and oxygen atoms in total. The van der Waals surface area contributed by atoms with Crippen LogP contribution in [0.3, 0.4) is 0 Å². The number of carbonyl (C=O) groups is 1. The van der Waals surface area contributed by atoms with Crippen molar-refractivity contribution in [2.24, 2.45) is 4.99 Å². The molecule has 0 radical (unpaired) electrons. The lowest BCUT2D eigenvalue weighted by Gasteiger charge is -2.08. The van der Waals surface area contributed by atoms with E-state index in [2.05, 4.69) is 31.2 Å². The Morgan fingerprint density at radius 2 is 2.00 bits per heavy atom. The normalized spacial score (nSPS) is 14.7. The van der Waals surface area contributed by atoms with Crippen molar-refractivity contribution in [1.82, 2.24) is 9.97 Å². The zero-order chi connectivity index (χ0) is 20.1. The highest BCUT2D eigenvalue weighted by Gasteiger charge is 2.20. The molecule has 0 saturated heterocycles. The van der Waals surface area contributed by atoms with Gasteiger partial charge in [0.1, 0.15) is 6.54 Å². The van der Waals surface area contributed by atoms with Crippen LogP contribution in [0.15, 0.2) is 29.5 Å². The molecule has 2 heterocycles. The Hall–Kier alpha value is -3.42. The number of halogens is 1. The lowest BCUT2D eigenvalue weighted by molar-refractivity contribution is -0.515.